The molecule has 24 heavy (non-hydrogen) atoms. The van der Waals surface area contributed by atoms with Crippen LogP contribution in [0.3, 0.4) is 0 Å². The Hall–Kier alpha value is -2.37. The summed E-state index contributed by atoms with van der Waals surface area (Å²) in [5, 5.41) is 7.08. The van der Waals surface area contributed by atoms with Crippen LogP contribution in [0.25, 0.3) is 0 Å². The third kappa shape index (κ3) is 5.68. The summed E-state index contributed by atoms with van der Waals surface area (Å²) < 4.78 is 0. The van der Waals surface area contributed by atoms with Gasteiger partial charge in [0, 0.05) is 5.69 Å². The van der Waals surface area contributed by atoms with Crippen LogP contribution in [0.15, 0.2) is 47.6 Å². The summed E-state index contributed by atoms with van der Waals surface area (Å²) in [4.78, 5) is 23.5. The number of amides is 2. The number of carbonyl (C=O) groups excluding carboxylic acids is 2. The van der Waals surface area contributed by atoms with Crippen LogP contribution in [-0.2, 0) is 9.59 Å². The first kappa shape index (κ1) is 18.0. The molecule has 0 spiro atoms. The van der Waals surface area contributed by atoms with E-state index in [0.717, 1.165) is 11.1 Å². The lowest BCUT2D eigenvalue weighted by atomic mass is 10.2. The number of hydrazone groups is 1. The maximum atomic E-state index is 11.8. The van der Waals surface area contributed by atoms with E-state index in [4.69, 9.17) is 23.2 Å². The van der Waals surface area contributed by atoms with Gasteiger partial charge in [-0.3, -0.25) is 9.59 Å². The second-order valence-corrected chi connectivity index (χ2v) is 5.87. The lowest BCUT2D eigenvalue weighted by molar-refractivity contribution is -0.126. The van der Waals surface area contributed by atoms with Crippen LogP contribution in [-0.4, -0.2) is 18.0 Å². The molecule has 0 saturated heterocycles. The minimum Gasteiger partial charge on any atom is -0.326 e. The van der Waals surface area contributed by atoms with Gasteiger partial charge >= 0.3 is 0 Å². The summed E-state index contributed by atoms with van der Waals surface area (Å²) in [5.74, 6) is -0.993. The van der Waals surface area contributed by atoms with Gasteiger partial charge in [0.15, 0.2) is 0 Å². The maximum Gasteiger partial charge on any atom is 0.249 e. The van der Waals surface area contributed by atoms with Gasteiger partial charge in [-0.05, 0) is 30.7 Å². The molecule has 0 heterocycles. The number of anilines is 1. The van der Waals surface area contributed by atoms with E-state index in [-0.39, 0.29) is 6.42 Å². The van der Waals surface area contributed by atoms with Gasteiger partial charge in [0.05, 0.1) is 16.3 Å². The molecule has 0 bridgehead atoms. The van der Waals surface area contributed by atoms with Crippen molar-refractivity contribution in [1.82, 2.24) is 5.43 Å². The summed E-state index contributed by atoms with van der Waals surface area (Å²) in [6.07, 6.45) is 1.15. The molecular weight excluding hydrogens is 349 g/mol. The van der Waals surface area contributed by atoms with E-state index in [9.17, 15) is 9.59 Å². The summed E-state index contributed by atoms with van der Waals surface area (Å²) in [6, 6.07) is 12.3. The standard InChI is InChI=1S/C17H15Cl2N3O2/c1-11-2-4-12(5-3-11)10-20-22-17(24)9-16(23)21-13-6-7-14(18)15(19)8-13/h2-8,10H,9H2,1H3,(H,21,23)(H,22,24). The fourth-order valence-corrected chi connectivity index (χ4v) is 2.09. The van der Waals surface area contributed by atoms with Crippen molar-refractivity contribution < 1.29 is 9.59 Å². The van der Waals surface area contributed by atoms with Gasteiger partial charge in [-0.15, -0.1) is 0 Å². The Labute approximate surface area is 149 Å². The average Bonchev–Trinajstić information content (AvgIpc) is 2.53. The van der Waals surface area contributed by atoms with Gasteiger partial charge in [0.1, 0.15) is 6.42 Å². The monoisotopic (exact) mass is 363 g/mol. The number of nitrogens with zero attached hydrogens (tertiary/aromatic N) is 1. The Bertz CT molecular complexity index is 774. The number of halogens is 2. The van der Waals surface area contributed by atoms with Gasteiger partial charge < -0.3 is 5.32 Å². The second kappa shape index (κ2) is 8.47. The van der Waals surface area contributed by atoms with Crippen LogP contribution >= 0.6 is 23.2 Å². The Kier molecular flexibility index (Phi) is 6.35. The van der Waals surface area contributed by atoms with Crippen LogP contribution in [0.1, 0.15) is 17.5 Å². The number of aryl methyl sites for hydroxylation is 1. The Balaban J connectivity index is 1.81. The smallest absolute Gasteiger partial charge is 0.249 e. The lowest BCUT2D eigenvalue weighted by Crippen LogP contribution is -2.24. The SMILES string of the molecule is Cc1ccc(C=NNC(=O)CC(=O)Nc2ccc(Cl)c(Cl)c2)cc1. The highest BCUT2D eigenvalue weighted by Gasteiger charge is 2.09. The molecule has 2 rings (SSSR count). The van der Waals surface area contributed by atoms with Crippen molar-refractivity contribution in [2.24, 2.45) is 5.10 Å². The third-order valence-electron chi connectivity index (χ3n) is 3.00. The Morgan fingerprint density at radius 3 is 2.42 bits per heavy atom. The van der Waals surface area contributed by atoms with Crippen molar-refractivity contribution in [3.63, 3.8) is 0 Å². The second-order valence-electron chi connectivity index (χ2n) is 5.06. The first-order valence-corrected chi connectivity index (χ1v) is 7.83. The summed E-state index contributed by atoms with van der Waals surface area (Å²) in [7, 11) is 0. The highest BCUT2D eigenvalue weighted by molar-refractivity contribution is 6.42. The van der Waals surface area contributed by atoms with E-state index in [1.807, 2.05) is 31.2 Å². The van der Waals surface area contributed by atoms with Crippen LogP contribution < -0.4 is 10.7 Å². The van der Waals surface area contributed by atoms with Gasteiger partial charge in [0.25, 0.3) is 0 Å². The van der Waals surface area contributed by atoms with Crippen LogP contribution in [0.4, 0.5) is 5.69 Å². The van der Waals surface area contributed by atoms with Gasteiger partial charge in [-0.2, -0.15) is 5.10 Å². The molecule has 0 fully saturated rings. The fourth-order valence-electron chi connectivity index (χ4n) is 1.80. The molecule has 2 aromatic rings. The summed E-state index contributed by atoms with van der Waals surface area (Å²) in [5.41, 5.74) is 4.75. The predicted molar refractivity (Wildman–Crippen MR) is 96.6 cm³/mol. The number of carbonyl (C=O) groups is 2. The fraction of sp³-hybridized carbons (Fsp3) is 0.118. The number of hydrogen-bond acceptors (Lipinski definition) is 3. The molecule has 0 aliphatic heterocycles. The highest BCUT2D eigenvalue weighted by atomic mass is 35.5. The van der Waals surface area contributed by atoms with E-state index in [0.29, 0.717) is 15.7 Å². The van der Waals surface area contributed by atoms with Gasteiger partial charge in [-0.1, -0.05) is 53.0 Å². The molecule has 2 aromatic carbocycles. The third-order valence-corrected chi connectivity index (χ3v) is 3.74. The zero-order valence-electron chi connectivity index (χ0n) is 12.8. The topological polar surface area (TPSA) is 70.6 Å². The van der Waals surface area contributed by atoms with Crippen molar-refractivity contribution in [2.45, 2.75) is 13.3 Å². The van der Waals surface area contributed by atoms with Crippen molar-refractivity contribution in [1.29, 1.82) is 0 Å². The molecule has 7 heteroatoms. The molecule has 5 nitrogen and oxygen atoms in total. The summed E-state index contributed by atoms with van der Waals surface area (Å²) in [6.45, 7) is 1.98. The van der Waals surface area contributed by atoms with Crippen molar-refractivity contribution >= 4 is 46.9 Å². The minimum absolute atomic E-state index is 0.321. The molecular formula is C17H15Cl2N3O2. The quantitative estimate of drug-likeness (QED) is 0.482. The zero-order chi connectivity index (χ0) is 17.5. The average molecular weight is 364 g/mol. The number of rotatable bonds is 5. The molecule has 0 aliphatic carbocycles. The van der Waals surface area contributed by atoms with E-state index in [2.05, 4.69) is 15.8 Å². The van der Waals surface area contributed by atoms with Crippen molar-refractivity contribution in [3.05, 3.63) is 63.6 Å². The molecule has 0 aliphatic rings. The first-order chi connectivity index (χ1) is 11.4. The predicted octanol–water partition coefficient (Wildman–Crippen LogP) is 3.78. The zero-order valence-corrected chi connectivity index (χ0v) is 14.4. The van der Waals surface area contributed by atoms with Crippen LogP contribution in [0.2, 0.25) is 10.0 Å². The summed E-state index contributed by atoms with van der Waals surface area (Å²) >= 11 is 11.7. The number of hydrogen-bond donors (Lipinski definition) is 2. The molecule has 0 radical (unpaired) electrons. The molecule has 0 unspecified atom stereocenters. The molecule has 0 saturated carbocycles. The van der Waals surface area contributed by atoms with Crippen LogP contribution in [0.5, 0.6) is 0 Å². The molecule has 0 aromatic heterocycles. The Morgan fingerprint density at radius 2 is 1.75 bits per heavy atom. The highest BCUT2D eigenvalue weighted by Crippen LogP contribution is 2.24. The normalized spacial score (nSPS) is 10.6. The van der Waals surface area contributed by atoms with Gasteiger partial charge in [0.2, 0.25) is 11.8 Å². The van der Waals surface area contributed by atoms with Crippen LogP contribution in [0, 0.1) is 6.92 Å². The number of benzene rings is 2. The van der Waals surface area contributed by atoms with E-state index in [1.165, 1.54) is 12.3 Å². The van der Waals surface area contributed by atoms with Crippen molar-refractivity contribution in [2.75, 3.05) is 5.32 Å². The lowest BCUT2D eigenvalue weighted by Gasteiger charge is -2.05. The van der Waals surface area contributed by atoms with Gasteiger partial charge in [-0.25, -0.2) is 5.43 Å². The minimum atomic E-state index is -0.518. The van der Waals surface area contributed by atoms with E-state index >= 15 is 0 Å². The van der Waals surface area contributed by atoms with E-state index in [1.54, 1.807) is 12.1 Å². The molecule has 2 N–H and O–H groups in total. The molecule has 0 atom stereocenters. The molecule has 2 amide bonds. The molecule has 124 valence electrons. The number of nitrogens with one attached hydrogen (secondary N) is 2. The largest absolute Gasteiger partial charge is 0.326 e. The van der Waals surface area contributed by atoms with E-state index < -0.39 is 11.8 Å². The Morgan fingerprint density at radius 1 is 1.04 bits per heavy atom. The maximum absolute atomic E-state index is 11.8. The van der Waals surface area contributed by atoms with Crippen molar-refractivity contribution in [3.8, 4) is 0 Å². The first-order valence-electron chi connectivity index (χ1n) is 7.07.